The molecule has 5 nitrogen and oxygen atoms in total. The second-order valence-electron chi connectivity index (χ2n) is 4.64. The molecule has 0 aromatic rings. The van der Waals surface area contributed by atoms with E-state index in [4.69, 9.17) is 25.8 Å². The minimum Gasteiger partial charge on any atom is -0.382 e. The molecular weight excluding hydrogens is 246 g/mol. The average molecular weight is 264 g/mol. The van der Waals surface area contributed by atoms with Crippen LogP contribution in [0.4, 0.5) is 0 Å². The van der Waals surface area contributed by atoms with E-state index in [9.17, 15) is 4.91 Å². The van der Waals surface area contributed by atoms with Crippen LogP contribution in [0.25, 0.3) is 0 Å². The van der Waals surface area contributed by atoms with Gasteiger partial charge in [-0.15, -0.1) is 4.91 Å². The van der Waals surface area contributed by atoms with E-state index < -0.39 is 17.4 Å². The van der Waals surface area contributed by atoms with E-state index >= 15 is 0 Å². The van der Waals surface area contributed by atoms with Crippen LogP contribution in [-0.2, 0) is 14.2 Å². The van der Waals surface area contributed by atoms with E-state index in [1.165, 1.54) is 6.42 Å². The molecular formula is C11H18ClNO4. The van der Waals surface area contributed by atoms with Crippen molar-refractivity contribution in [1.82, 2.24) is 0 Å². The first-order valence-electron chi connectivity index (χ1n) is 6.02. The van der Waals surface area contributed by atoms with Gasteiger partial charge in [-0.3, -0.25) is 0 Å². The number of nitroso groups, excluding NO2 is 1. The average Bonchev–Trinajstić information content (AvgIpc) is 2.68. The van der Waals surface area contributed by atoms with Crippen LogP contribution in [0.15, 0.2) is 5.18 Å². The lowest BCUT2D eigenvalue weighted by molar-refractivity contribution is -0.196. The molecule has 1 unspecified atom stereocenters. The zero-order valence-corrected chi connectivity index (χ0v) is 10.7. The Morgan fingerprint density at radius 2 is 2.12 bits per heavy atom. The maximum atomic E-state index is 10.6. The van der Waals surface area contributed by atoms with Gasteiger partial charge in [-0.2, -0.15) is 0 Å². The Bertz CT molecular complexity index is 270. The number of rotatable bonds is 4. The Morgan fingerprint density at radius 1 is 1.41 bits per heavy atom. The van der Waals surface area contributed by atoms with Crippen LogP contribution in [0.3, 0.4) is 0 Å². The number of hydrogen-bond donors (Lipinski definition) is 0. The standard InChI is InChI=1S/C11H18ClNO4/c1-15-7-8-9(10(12)13-14)17-11(16-8)5-3-2-4-6-11/h8-10H,2-7H2,1H3/t8-,9+,10?/m0/s1. The molecule has 1 aliphatic heterocycles. The third-order valence-corrected chi connectivity index (χ3v) is 3.73. The highest BCUT2D eigenvalue weighted by atomic mass is 35.5. The molecule has 1 aliphatic carbocycles. The lowest BCUT2D eigenvalue weighted by atomic mass is 9.94. The van der Waals surface area contributed by atoms with Gasteiger partial charge in [-0.25, -0.2) is 0 Å². The van der Waals surface area contributed by atoms with E-state index in [1.807, 2.05) is 0 Å². The maximum Gasteiger partial charge on any atom is 0.194 e. The lowest BCUT2D eigenvalue weighted by Gasteiger charge is -2.32. The van der Waals surface area contributed by atoms with Gasteiger partial charge in [-0.1, -0.05) is 18.0 Å². The molecule has 0 radical (unpaired) electrons. The molecule has 17 heavy (non-hydrogen) atoms. The summed E-state index contributed by atoms with van der Waals surface area (Å²) in [6, 6.07) is 0. The molecule has 0 aromatic carbocycles. The first-order chi connectivity index (χ1) is 8.21. The van der Waals surface area contributed by atoms with E-state index in [1.54, 1.807) is 7.11 Å². The monoisotopic (exact) mass is 263 g/mol. The van der Waals surface area contributed by atoms with Crippen LogP contribution in [-0.4, -0.2) is 37.2 Å². The van der Waals surface area contributed by atoms with Crippen molar-refractivity contribution in [2.45, 2.75) is 55.6 Å². The highest BCUT2D eigenvalue weighted by Crippen LogP contribution is 2.42. The fraction of sp³-hybridized carbons (Fsp3) is 1.00. The second-order valence-corrected chi connectivity index (χ2v) is 5.09. The zero-order valence-electron chi connectivity index (χ0n) is 9.93. The lowest BCUT2D eigenvalue weighted by Crippen LogP contribution is -2.34. The van der Waals surface area contributed by atoms with Gasteiger partial charge in [0.2, 0.25) is 0 Å². The predicted octanol–water partition coefficient (Wildman–Crippen LogP) is 2.41. The van der Waals surface area contributed by atoms with E-state index in [0.29, 0.717) is 6.61 Å². The van der Waals surface area contributed by atoms with Crippen molar-refractivity contribution in [1.29, 1.82) is 0 Å². The van der Waals surface area contributed by atoms with Gasteiger partial charge in [0.05, 0.1) is 6.61 Å². The SMILES string of the molecule is COC[C@@H]1OC2(CCCCC2)O[C@H]1C(Cl)N=O. The summed E-state index contributed by atoms with van der Waals surface area (Å²) >= 11 is 5.86. The molecule has 3 atom stereocenters. The largest absolute Gasteiger partial charge is 0.382 e. The normalized spacial score (nSPS) is 33.8. The van der Waals surface area contributed by atoms with E-state index in [2.05, 4.69) is 5.18 Å². The van der Waals surface area contributed by atoms with Crippen molar-refractivity contribution in [2.24, 2.45) is 5.18 Å². The Morgan fingerprint density at radius 3 is 2.71 bits per heavy atom. The third-order valence-electron chi connectivity index (χ3n) is 3.40. The molecule has 1 saturated heterocycles. The van der Waals surface area contributed by atoms with Gasteiger partial charge in [0.15, 0.2) is 11.3 Å². The van der Waals surface area contributed by atoms with Crippen LogP contribution in [0.2, 0.25) is 0 Å². The van der Waals surface area contributed by atoms with Crippen molar-refractivity contribution in [2.75, 3.05) is 13.7 Å². The molecule has 2 fully saturated rings. The van der Waals surface area contributed by atoms with E-state index in [0.717, 1.165) is 25.7 Å². The molecule has 6 heteroatoms. The van der Waals surface area contributed by atoms with Crippen LogP contribution in [0, 0.1) is 4.91 Å². The second kappa shape index (κ2) is 5.61. The fourth-order valence-electron chi connectivity index (χ4n) is 2.61. The van der Waals surface area contributed by atoms with Crippen molar-refractivity contribution < 1.29 is 14.2 Å². The zero-order chi connectivity index (χ0) is 12.3. The molecule has 1 spiro atoms. The summed E-state index contributed by atoms with van der Waals surface area (Å²) in [5.41, 5.74) is -0.920. The van der Waals surface area contributed by atoms with Crippen LogP contribution >= 0.6 is 11.6 Å². The molecule has 0 amide bonds. The number of methoxy groups -OCH3 is 1. The Labute approximate surface area is 106 Å². The summed E-state index contributed by atoms with van der Waals surface area (Å²) in [6.07, 6.45) is 4.25. The third kappa shape index (κ3) is 2.78. The molecule has 0 aromatic heterocycles. The van der Waals surface area contributed by atoms with Crippen molar-refractivity contribution in [3.63, 3.8) is 0 Å². The molecule has 0 bridgehead atoms. The highest BCUT2D eigenvalue weighted by Gasteiger charge is 2.50. The Hall–Kier alpha value is -0.230. The number of ether oxygens (including phenoxy) is 3. The minimum absolute atomic E-state index is 0.307. The predicted molar refractivity (Wildman–Crippen MR) is 62.9 cm³/mol. The Kier molecular flexibility index (Phi) is 4.36. The quantitative estimate of drug-likeness (QED) is 0.444. The van der Waals surface area contributed by atoms with Crippen LogP contribution < -0.4 is 0 Å². The maximum absolute atomic E-state index is 10.6. The van der Waals surface area contributed by atoms with Crippen molar-refractivity contribution in [3.8, 4) is 0 Å². The summed E-state index contributed by atoms with van der Waals surface area (Å²) in [6.45, 7) is 0.366. The minimum atomic E-state index is -0.920. The van der Waals surface area contributed by atoms with Crippen molar-refractivity contribution >= 4 is 11.6 Å². The molecule has 1 heterocycles. The molecule has 2 rings (SSSR count). The van der Waals surface area contributed by atoms with Gasteiger partial charge in [0.1, 0.15) is 12.2 Å². The Balaban J connectivity index is 2.07. The van der Waals surface area contributed by atoms with Crippen molar-refractivity contribution in [3.05, 3.63) is 4.91 Å². The number of hydrogen-bond acceptors (Lipinski definition) is 5. The van der Waals surface area contributed by atoms with Gasteiger partial charge >= 0.3 is 0 Å². The first-order valence-corrected chi connectivity index (χ1v) is 6.45. The van der Waals surface area contributed by atoms with Crippen LogP contribution in [0.5, 0.6) is 0 Å². The van der Waals surface area contributed by atoms with E-state index in [-0.39, 0.29) is 6.10 Å². The summed E-state index contributed by atoms with van der Waals surface area (Å²) in [5, 5.41) is 2.84. The topological polar surface area (TPSA) is 57.1 Å². The molecule has 2 aliphatic rings. The fourth-order valence-corrected chi connectivity index (χ4v) is 2.82. The van der Waals surface area contributed by atoms with Crippen LogP contribution in [0.1, 0.15) is 32.1 Å². The first kappa shape index (κ1) is 13.2. The summed E-state index contributed by atoms with van der Waals surface area (Å²) < 4.78 is 16.9. The summed E-state index contributed by atoms with van der Waals surface area (Å²) in [4.78, 5) is 10.6. The van der Waals surface area contributed by atoms with Gasteiger partial charge in [-0.05, 0) is 18.0 Å². The molecule has 0 N–H and O–H groups in total. The van der Waals surface area contributed by atoms with Gasteiger partial charge < -0.3 is 14.2 Å². The number of nitrogens with zero attached hydrogens (tertiary/aromatic N) is 1. The van der Waals surface area contributed by atoms with Gasteiger partial charge in [0.25, 0.3) is 0 Å². The number of halogens is 1. The van der Waals surface area contributed by atoms with Gasteiger partial charge in [0, 0.05) is 20.0 Å². The highest BCUT2D eigenvalue weighted by molar-refractivity contribution is 6.20. The summed E-state index contributed by atoms with van der Waals surface area (Å²) in [5.74, 6) is -0.566. The molecule has 98 valence electrons. The smallest absolute Gasteiger partial charge is 0.194 e. The summed E-state index contributed by atoms with van der Waals surface area (Å²) in [7, 11) is 1.59. The number of alkyl halides is 1. The molecule has 1 saturated carbocycles.